The zero-order valence-corrected chi connectivity index (χ0v) is 18.0. The lowest BCUT2D eigenvalue weighted by Gasteiger charge is -2.16. The van der Waals surface area contributed by atoms with Crippen LogP contribution in [0.15, 0.2) is 48.5 Å². The summed E-state index contributed by atoms with van der Waals surface area (Å²) in [6, 6.07) is 15.7. The third kappa shape index (κ3) is 6.93. The molecule has 0 aliphatic rings. The normalized spacial score (nSPS) is 12.0. The first-order valence-electron chi connectivity index (χ1n) is 10.2. The van der Waals surface area contributed by atoms with Gasteiger partial charge in [0.2, 0.25) is 5.91 Å². The molecule has 0 bridgehead atoms. The molecule has 0 radical (unpaired) electrons. The summed E-state index contributed by atoms with van der Waals surface area (Å²) >= 11 is 0. The molecule has 1 atom stereocenters. The van der Waals surface area contributed by atoms with Crippen LogP contribution in [0.2, 0.25) is 0 Å². The van der Waals surface area contributed by atoms with Crippen molar-refractivity contribution < 1.29 is 14.3 Å². The van der Waals surface area contributed by atoms with E-state index in [4.69, 9.17) is 4.74 Å². The van der Waals surface area contributed by atoms with Crippen molar-refractivity contribution in [2.24, 2.45) is 5.92 Å². The Balaban J connectivity index is 1.83. The van der Waals surface area contributed by atoms with E-state index in [1.54, 1.807) is 0 Å². The lowest BCUT2D eigenvalue weighted by Crippen LogP contribution is -2.45. The highest BCUT2D eigenvalue weighted by atomic mass is 16.5. The molecule has 0 spiro atoms. The van der Waals surface area contributed by atoms with Gasteiger partial charge in [-0.25, -0.2) is 0 Å². The Morgan fingerprint density at radius 2 is 1.55 bits per heavy atom. The van der Waals surface area contributed by atoms with Gasteiger partial charge < -0.3 is 4.74 Å². The van der Waals surface area contributed by atoms with Gasteiger partial charge in [-0.1, -0.05) is 70.2 Å². The largest absolute Gasteiger partial charge is 0.483 e. The van der Waals surface area contributed by atoms with Gasteiger partial charge in [-0.15, -0.1) is 0 Å². The van der Waals surface area contributed by atoms with Crippen LogP contribution in [0.5, 0.6) is 5.75 Å². The van der Waals surface area contributed by atoms with Crippen LogP contribution in [0.25, 0.3) is 0 Å². The highest BCUT2D eigenvalue weighted by Crippen LogP contribution is 2.25. The van der Waals surface area contributed by atoms with Crippen LogP contribution >= 0.6 is 0 Å². The molecule has 0 aliphatic heterocycles. The SMILES string of the molecule is CC(C)Cc1ccc(C(C)C(=O)NNC(=O)COc2ccccc2C(C)C)cc1. The van der Waals surface area contributed by atoms with Crippen molar-refractivity contribution in [2.45, 2.75) is 52.9 Å². The second kappa shape index (κ2) is 10.6. The van der Waals surface area contributed by atoms with Crippen LogP contribution in [0.3, 0.4) is 0 Å². The minimum atomic E-state index is -0.406. The van der Waals surface area contributed by atoms with Gasteiger partial charge >= 0.3 is 0 Å². The van der Waals surface area contributed by atoms with Gasteiger partial charge in [0.05, 0.1) is 5.92 Å². The van der Waals surface area contributed by atoms with E-state index in [2.05, 4.69) is 50.7 Å². The third-order valence-corrected chi connectivity index (χ3v) is 4.74. The van der Waals surface area contributed by atoms with Crippen LogP contribution in [-0.4, -0.2) is 18.4 Å². The molecule has 1 unspecified atom stereocenters. The Labute approximate surface area is 173 Å². The van der Waals surface area contributed by atoms with E-state index in [9.17, 15) is 9.59 Å². The smallest absolute Gasteiger partial charge is 0.276 e. The number of nitrogens with one attached hydrogen (secondary N) is 2. The lowest BCUT2D eigenvalue weighted by molar-refractivity contribution is -0.130. The van der Waals surface area contributed by atoms with Gasteiger partial charge in [0.25, 0.3) is 5.91 Å². The van der Waals surface area contributed by atoms with E-state index in [1.807, 2.05) is 43.3 Å². The van der Waals surface area contributed by atoms with Crippen molar-refractivity contribution in [3.63, 3.8) is 0 Å². The molecule has 0 aromatic heterocycles. The maximum atomic E-state index is 12.4. The van der Waals surface area contributed by atoms with Gasteiger partial charge in [0, 0.05) is 0 Å². The number of ether oxygens (including phenoxy) is 1. The van der Waals surface area contributed by atoms with E-state index in [0.717, 1.165) is 17.5 Å². The zero-order chi connectivity index (χ0) is 21.4. The zero-order valence-electron chi connectivity index (χ0n) is 18.0. The van der Waals surface area contributed by atoms with E-state index < -0.39 is 5.91 Å². The highest BCUT2D eigenvalue weighted by Gasteiger charge is 2.16. The Morgan fingerprint density at radius 1 is 0.897 bits per heavy atom. The van der Waals surface area contributed by atoms with E-state index in [0.29, 0.717) is 17.6 Å². The molecule has 29 heavy (non-hydrogen) atoms. The summed E-state index contributed by atoms with van der Waals surface area (Å²) in [5.41, 5.74) is 8.11. The van der Waals surface area contributed by atoms with Gasteiger partial charge in [-0.3, -0.25) is 20.4 Å². The van der Waals surface area contributed by atoms with Crippen molar-refractivity contribution in [1.82, 2.24) is 10.9 Å². The molecule has 0 heterocycles. The number of hydrogen-bond donors (Lipinski definition) is 2. The lowest BCUT2D eigenvalue weighted by atomic mass is 9.96. The van der Waals surface area contributed by atoms with Crippen molar-refractivity contribution in [3.05, 3.63) is 65.2 Å². The fourth-order valence-corrected chi connectivity index (χ4v) is 3.07. The van der Waals surface area contributed by atoms with Crippen LogP contribution in [0.1, 0.15) is 63.1 Å². The van der Waals surface area contributed by atoms with E-state index in [-0.39, 0.29) is 18.4 Å². The predicted molar refractivity (Wildman–Crippen MR) is 116 cm³/mol. The summed E-state index contributed by atoms with van der Waals surface area (Å²) in [5.74, 6) is 0.520. The average Bonchev–Trinajstić information content (AvgIpc) is 2.70. The monoisotopic (exact) mass is 396 g/mol. The number of hydrazine groups is 1. The third-order valence-electron chi connectivity index (χ3n) is 4.74. The Morgan fingerprint density at radius 3 is 2.17 bits per heavy atom. The summed E-state index contributed by atoms with van der Waals surface area (Å²) in [4.78, 5) is 24.4. The molecule has 5 heteroatoms. The fraction of sp³-hybridized carbons (Fsp3) is 0.417. The van der Waals surface area contributed by atoms with Crippen LogP contribution in [-0.2, 0) is 16.0 Å². The molecule has 2 aromatic carbocycles. The topological polar surface area (TPSA) is 67.4 Å². The maximum absolute atomic E-state index is 12.4. The number of carbonyl (C=O) groups excluding carboxylic acids is 2. The summed E-state index contributed by atoms with van der Waals surface area (Å²) in [7, 11) is 0. The second-order valence-corrected chi connectivity index (χ2v) is 8.08. The molecule has 5 nitrogen and oxygen atoms in total. The van der Waals surface area contributed by atoms with Gasteiger partial charge in [0.15, 0.2) is 6.61 Å². The molecule has 0 saturated heterocycles. The summed E-state index contributed by atoms with van der Waals surface area (Å²) in [6.07, 6.45) is 1.01. The highest BCUT2D eigenvalue weighted by molar-refractivity contribution is 5.86. The minimum absolute atomic E-state index is 0.164. The van der Waals surface area contributed by atoms with E-state index >= 15 is 0 Å². The molecular formula is C24H32N2O3. The Bertz CT molecular complexity index is 813. The molecule has 2 rings (SSSR count). The van der Waals surface area contributed by atoms with Gasteiger partial charge in [-0.2, -0.15) is 0 Å². The Kier molecular flexibility index (Phi) is 8.25. The first-order chi connectivity index (χ1) is 13.8. The minimum Gasteiger partial charge on any atom is -0.483 e. The average molecular weight is 397 g/mol. The molecule has 2 aromatic rings. The van der Waals surface area contributed by atoms with E-state index in [1.165, 1.54) is 5.56 Å². The maximum Gasteiger partial charge on any atom is 0.276 e. The fourth-order valence-electron chi connectivity index (χ4n) is 3.07. The van der Waals surface area contributed by atoms with Crippen molar-refractivity contribution in [1.29, 1.82) is 0 Å². The Hall–Kier alpha value is -2.82. The predicted octanol–water partition coefficient (Wildman–Crippen LogP) is 4.34. The molecule has 0 saturated carbocycles. The van der Waals surface area contributed by atoms with Crippen LogP contribution in [0, 0.1) is 5.92 Å². The van der Waals surface area contributed by atoms with Crippen LogP contribution < -0.4 is 15.6 Å². The first-order valence-corrected chi connectivity index (χ1v) is 10.2. The summed E-state index contributed by atoms with van der Waals surface area (Å²) in [6.45, 7) is 10.1. The number of carbonyl (C=O) groups is 2. The second-order valence-electron chi connectivity index (χ2n) is 8.08. The van der Waals surface area contributed by atoms with Crippen LogP contribution in [0.4, 0.5) is 0 Å². The summed E-state index contributed by atoms with van der Waals surface area (Å²) in [5, 5.41) is 0. The van der Waals surface area contributed by atoms with Gasteiger partial charge in [-0.05, 0) is 47.9 Å². The molecule has 0 aliphatic carbocycles. The number of benzene rings is 2. The van der Waals surface area contributed by atoms with Crippen molar-refractivity contribution >= 4 is 11.8 Å². The number of amides is 2. The summed E-state index contributed by atoms with van der Waals surface area (Å²) < 4.78 is 5.62. The van der Waals surface area contributed by atoms with Crippen molar-refractivity contribution in [3.8, 4) is 5.75 Å². The molecule has 2 N–H and O–H groups in total. The number of rotatable bonds is 8. The molecule has 0 fully saturated rings. The van der Waals surface area contributed by atoms with Crippen molar-refractivity contribution in [2.75, 3.05) is 6.61 Å². The number of para-hydroxylation sites is 1. The molecule has 2 amide bonds. The molecular weight excluding hydrogens is 364 g/mol. The number of hydrogen-bond acceptors (Lipinski definition) is 3. The standard InChI is InChI=1S/C24H32N2O3/c1-16(2)14-19-10-12-20(13-11-19)18(5)24(28)26-25-23(27)15-29-22-9-7-6-8-21(22)17(3)4/h6-13,16-18H,14-15H2,1-5H3,(H,25,27)(H,26,28). The quantitative estimate of drug-likeness (QED) is 0.652. The molecule has 156 valence electrons. The van der Waals surface area contributed by atoms with Gasteiger partial charge in [0.1, 0.15) is 5.75 Å². The first kappa shape index (κ1) is 22.5.